The van der Waals surface area contributed by atoms with E-state index in [2.05, 4.69) is 25.0 Å². The summed E-state index contributed by atoms with van der Waals surface area (Å²) in [5.74, 6) is 0. The van der Waals surface area contributed by atoms with Crippen LogP contribution in [0.2, 0.25) is 0 Å². The fourth-order valence-corrected chi connectivity index (χ4v) is 2.35. The van der Waals surface area contributed by atoms with E-state index < -0.39 is 0 Å². The van der Waals surface area contributed by atoms with Gasteiger partial charge in [-0.15, -0.1) is 0 Å². The van der Waals surface area contributed by atoms with Crippen LogP contribution in [0, 0.1) is 32.1 Å². The van der Waals surface area contributed by atoms with E-state index in [-0.39, 0.29) is 0 Å². The number of benzene rings is 1. The number of aromatic nitrogens is 2. The predicted octanol–water partition coefficient (Wildman–Crippen LogP) is 3.23. The molecule has 1 heterocycles. The summed E-state index contributed by atoms with van der Waals surface area (Å²) in [6.45, 7) is 8.19. The molecule has 0 amide bonds. The Kier molecular flexibility index (Phi) is 3.20. The summed E-state index contributed by atoms with van der Waals surface area (Å²) >= 11 is 0. The van der Waals surface area contributed by atoms with Gasteiger partial charge in [0, 0.05) is 5.69 Å². The van der Waals surface area contributed by atoms with Crippen LogP contribution in [0.3, 0.4) is 0 Å². The number of hydrogen-bond acceptors (Lipinski definition) is 2. The minimum absolute atomic E-state index is 0.670. The average molecular weight is 239 g/mol. The third-order valence-corrected chi connectivity index (χ3v) is 3.30. The van der Waals surface area contributed by atoms with Gasteiger partial charge in [0.2, 0.25) is 0 Å². The van der Waals surface area contributed by atoms with Gasteiger partial charge in [0.1, 0.15) is 6.07 Å². The maximum atomic E-state index is 9.24. The number of hydrogen-bond donors (Lipinski definition) is 0. The summed E-state index contributed by atoms with van der Waals surface area (Å²) in [5, 5.41) is 13.8. The summed E-state index contributed by atoms with van der Waals surface area (Å²) < 4.78 is 1.88. The highest BCUT2D eigenvalue weighted by molar-refractivity contribution is 5.51. The van der Waals surface area contributed by atoms with Crippen LogP contribution in [0.4, 0.5) is 0 Å². The smallest absolute Gasteiger partial charge is 0.101 e. The van der Waals surface area contributed by atoms with E-state index >= 15 is 0 Å². The standard InChI is InChI=1S/C15H17N3/c1-5-14-11(3)17-18(12(14)4)15-7-6-10(2)8-13(15)9-16/h6-8H,5H2,1-4H3. The van der Waals surface area contributed by atoms with Crippen LogP contribution < -0.4 is 0 Å². The maximum absolute atomic E-state index is 9.24. The zero-order valence-corrected chi connectivity index (χ0v) is 11.3. The second kappa shape index (κ2) is 4.66. The monoisotopic (exact) mass is 239 g/mol. The normalized spacial score (nSPS) is 10.4. The lowest BCUT2D eigenvalue weighted by molar-refractivity contribution is 0.829. The second-order valence-electron chi connectivity index (χ2n) is 4.55. The minimum Gasteiger partial charge on any atom is -0.236 e. The van der Waals surface area contributed by atoms with Gasteiger partial charge in [-0.25, -0.2) is 4.68 Å². The predicted molar refractivity (Wildman–Crippen MR) is 71.9 cm³/mol. The largest absolute Gasteiger partial charge is 0.236 e. The molecule has 0 aliphatic heterocycles. The quantitative estimate of drug-likeness (QED) is 0.807. The molecule has 0 saturated heterocycles. The molecule has 0 unspecified atom stereocenters. The zero-order chi connectivity index (χ0) is 13.3. The van der Waals surface area contributed by atoms with Crippen LogP contribution >= 0.6 is 0 Å². The molecule has 0 saturated carbocycles. The fraction of sp³-hybridized carbons (Fsp3) is 0.333. The maximum Gasteiger partial charge on any atom is 0.101 e. The van der Waals surface area contributed by atoms with Crippen LogP contribution in [0.15, 0.2) is 18.2 Å². The van der Waals surface area contributed by atoms with Gasteiger partial charge in [0.25, 0.3) is 0 Å². The first-order valence-corrected chi connectivity index (χ1v) is 6.14. The summed E-state index contributed by atoms with van der Waals surface area (Å²) in [6.07, 6.45) is 0.964. The molecule has 2 aromatic rings. The highest BCUT2D eigenvalue weighted by Crippen LogP contribution is 2.21. The van der Waals surface area contributed by atoms with E-state index in [1.54, 1.807) is 0 Å². The Labute approximate surface area is 108 Å². The molecular weight excluding hydrogens is 222 g/mol. The van der Waals surface area contributed by atoms with Crippen molar-refractivity contribution < 1.29 is 0 Å². The minimum atomic E-state index is 0.670. The van der Waals surface area contributed by atoms with E-state index in [4.69, 9.17) is 0 Å². The van der Waals surface area contributed by atoms with E-state index in [1.807, 2.05) is 36.7 Å². The molecule has 0 bridgehead atoms. The molecule has 3 nitrogen and oxygen atoms in total. The zero-order valence-electron chi connectivity index (χ0n) is 11.3. The topological polar surface area (TPSA) is 41.6 Å². The lowest BCUT2D eigenvalue weighted by Gasteiger charge is -2.07. The molecule has 0 atom stereocenters. The van der Waals surface area contributed by atoms with E-state index in [0.29, 0.717) is 5.56 Å². The first-order chi connectivity index (χ1) is 8.58. The average Bonchev–Trinajstić information content (AvgIpc) is 2.64. The molecule has 0 spiro atoms. The Morgan fingerprint density at radius 1 is 1.28 bits per heavy atom. The van der Waals surface area contributed by atoms with Crippen molar-refractivity contribution in [2.24, 2.45) is 0 Å². The van der Waals surface area contributed by atoms with Crippen molar-refractivity contribution in [1.29, 1.82) is 5.26 Å². The van der Waals surface area contributed by atoms with Gasteiger partial charge in [-0.1, -0.05) is 13.0 Å². The summed E-state index contributed by atoms with van der Waals surface area (Å²) in [6, 6.07) is 8.13. The number of nitrogens with zero attached hydrogens (tertiary/aromatic N) is 3. The van der Waals surface area contributed by atoms with Crippen LogP contribution in [-0.2, 0) is 6.42 Å². The second-order valence-corrected chi connectivity index (χ2v) is 4.55. The summed E-state index contributed by atoms with van der Waals surface area (Å²) in [5.41, 5.74) is 6.05. The van der Waals surface area contributed by atoms with E-state index in [0.717, 1.165) is 29.1 Å². The number of nitriles is 1. The van der Waals surface area contributed by atoms with Crippen molar-refractivity contribution in [2.45, 2.75) is 34.1 Å². The molecule has 1 aromatic carbocycles. The third kappa shape index (κ3) is 1.91. The van der Waals surface area contributed by atoms with Crippen molar-refractivity contribution in [2.75, 3.05) is 0 Å². The molecule has 0 aliphatic rings. The fourth-order valence-electron chi connectivity index (χ4n) is 2.35. The molecule has 18 heavy (non-hydrogen) atoms. The van der Waals surface area contributed by atoms with Crippen LogP contribution in [-0.4, -0.2) is 9.78 Å². The van der Waals surface area contributed by atoms with Gasteiger partial charge < -0.3 is 0 Å². The van der Waals surface area contributed by atoms with Gasteiger partial charge >= 0.3 is 0 Å². The Hall–Kier alpha value is -2.08. The molecule has 2 rings (SSSR count). The van der Waals surface area contributed by atoms with Crippen molar-refractivity contribution in [1.82, 2.24) is 9.78 Å². The van der Waals surface area contributed by atoms with Crippen molar-refractivity contribution in [3.8, 4) is 11.8 Å². The molecule has 92 valence electrons. The molecule has 0 N–H and O–H groups in total. The Bertz CT molecular complexity index is 630. The van der Waals surface area contributed by atoms with Crippen LogP contribution in [0.1, 0.15) is 35.0 Å². The summed E-state index contributed by atoms with van der Waals surface area (Å²) in [7, 11) is 0. The molecule has 0 radical (unpaired) electrons. The Morgan fingerprint density at radius 2 is 2.00 bits per heavy atom. The van der Waals surface area contributed by atoms with Crippen LogP contribution in [0.5, 0.6) is 0 Å². The molecule has 0 aliphatic carbocycles. The van der Waals surface area contributed by atoms with Gasteiger partial charge in [-0.2, -0.15) is 10.4 Å². The molecule has 0 fully saturated rings. The first-order valence-electron chi connectivity index (χ1n) is 6.14. The van der Waals surface area contributed by atoms with Crippen molar-refractivity contribution >= 4 is 0 Å². The lowest BCUT2D eigenvalue weighted by atomic mass is 10.1. The van der Waals surface area contributed by atoms with Crippen LogP contribution in [0.25, 0.3) is 5.69 Å². The SMILES string of the molecule is CCc1c(C)nn(-c2ccc(C)cc2C#N)c1C. The van der Waals surface area contributed by atoms with E-state index in [9.17, 15) is 5.26 Å². The van der Waals surface area contributed by atoms with Gasteiger partial charge in [-0.3, -0.25) is 0 Å². The van der Waals surface area contributed by atoms with Gasteiger partial charge in [-0.05, 0) is 50.5 Å². The first kappa shape index (κ1) is 12.4. The van der Waals surface area contributed by atoms with Gasteiger partial charge in [0.15, 0.2) is 0 Å². The number of rotatable bonds is 2. The Balaban J connectivity index is 2.67. The van der Waals surface area contributed by atoms with Crippen molar-refractivity contribution in [3.05, 3.63) is 46.3 Å². The third-order valence-electron chi connectivity index (χ3n) is 3.30. The van der Waals surface area contributed by atoms with Crippen molar-refractivity contribution in [3.63, 3.8) is 0 Å². The lowest BCUT2D eigenvalue weighted by Crippen LogP contribution is -2.02. The number of aryl methyl sites for hydroxylation is 2. The van der Waals surface area contributed by atoms with E-state index in [1.165, 1.54) is 5.56 Å². The highest BCUT2D eigenvalue weighted by atomic mass is 15.3. The summed E-state index contributed by atoms with van der Waals surface area (Å²) in [4.78, 5) is 0. The molecule has 1 aromatic heterocycles. The molecular formula is C15H17N3. The highest BCUT2D eigenvalue weighted by Gasteiger charge is 2.13. The van der Waals surface area contributed by atoms with Gasteiger partial charge in [0.05, 0.1) is 16.9 Å². The molecule has 3 heteroatoms. The Morgan fingerprint density at radius 3 is 2.56 bits per heavy atom.